The van der Waals surface area contributed by atoms with E-state index in [4.69, 9.17) is 4.74 Å². The number of methoxy groups -OCH3 is 1. The molecule has 2 rings (SSSR count). The summed E-state index contributed by atoms with van der Waals surface area (Å²) in [7, 11) is 7.95. The fourth-order valence-corrected chi connectivity index (χ4v) is 2.68. The number of aromatic nitrogens is 1. The molecule has 0 radical (unpaired) electrons. The molecule has 1 fully saturated rings. The minimum absolute atomic E-state index is 0.483. The molecule has 1 saturated heterocycles. The van der Waals surface area contributed by atoms with Crippen LogP contribution in [0.15, 0.2) is 12.3 Å². The van der Waals surface area contributed by atoms with Crippen molar-refractivity contribution in [3.8, 4) is 5.88 Å². The average molecular weight is 278 g/mol. The lowest BCUT2D eigenvalue weighted by Gasteiger charge is -2.24. The molecule has 5 nitrogen and oxygen atoms in total. The van der Waals surface area contributed by atoms with Crippen molar-refractivity contribution in [1.29, 1.82) is 0 Å². The van der Waals surface area contributed by atoms with Crippen LogP contribution in [-0.2, 0) is 0 Å². The van der Waals surface area contributed by atoms with Gasteiger partial charge in [0.15, 0.2) is 0 Å². The lowest BCUT2D eigenvalue weighted by Crippen LogP contribution is -2.24. The first-order valence-corrected chi connectivity index (χ1v) is 7.27. The Morgan fingerprint density at radius 1 is 1.35 bits per heavy atom. The Morgan fingerprint density at radius 3 is 2.85 bits per heavy atom. The second kappa shape index (κ2) is 6.79. The summed E-state index contributed by atoms with van der Waals surface area (Å²) in [5.41, 5.74) is 2.13. The Bertz CT molecular complexity index is 436. The van der Waals surface area contributed by atoms with Gasteiger partial charge in [0.05, 0.1) is 12.8 Å². The van der Waals surface area contributed by atoms with E-state index in [2.05, 4.69) is 27.1 Å². The van der Waals surface area contributed by atoms with Gasteiger partial charge in [-0.1, -0.05) is 0 Å². The number of hydrogen-bond acceptors (Lipinski definition) is 5. The molecule has 0 bridgehead atoms. The van der Waals surface area contributed by atoms with Gasteiger partial charge in [0.1, 0.15) is 5.69 Å². The van der Waals surface area contributed by atoms with E-state index in [9.17, 15) is 0 Å². The van der Waals surface area contributed by atoms with E-state index in [1.165, 1.54) is 19.4 Å². The van der Waals surface area contributed by atoms with Gasteiger partial charge in [-0.25, -0.2) is 4.98 Å². The molecule has 1 aromatic heterocycles. The van der Waals surface area contributed by atoms with Crippen LogP contribution in [-0.4, -0.2) is 57.3 Å². The molecule has 2 heterocycles. The summed E-state index contributed by atoms with van der Waals surface area (Å²) in [5.74, 6) is 0.675. The van der Waals surface area contributed by atoms with Crippen molar-refractivity contribution in [2.45, 2.75) is 25.3 Å². The molecule has 0 aromatic carbocycles. The van der Waals surface area contributed by atoms with Crippen LogP contribution in [0.3, 0.4) is 0 Å². The van der Waals surface area contributed by atoms with Crippen molar-refractivity contribution in [2.24, 2.45) is 0 Å². The Morgan fingerprint density at radius 2 is 2.15 bits per heavy atom. The average Bonchev–Trinajstić information content (AvgIpc) is 2.63. The van der Waals surface area contributed by atoms with Gasteiger partial charge in [0, 0.05) is 26.3 Å². The summed E-state index contributed by atoms with van der Waals surface area (Å²) in [6, 6.07) is 2.50. The molecule has 1 atom stereocenters. The third kappa shape index (κ3) is 3.54. The Balaban J connectivity index is 2.18. The Labute approximate surface area is 121 Å². The van der Waals surface area contributed by atoms with Crippen LogP contribution in [0.25, 0.3) is 0 Å². The van der Waals surface area contributed by atoms with Crippen molar-refractivity contribution in [1.82, 2.24) is 9.88 Å². The van der Waals surface area contributed by atoms with E-state index < -0.39 is 0 Å². The summed E-state index contributed by atoms with van der Waals surface area (Å²) in [6.45, 7) is 2.32. The fourth-order valence-electron chi connectivity index (χ4n) is 2.68. The molecule has 0 aliphatic carbocycles. The van der Waals surface area contributed by atoms with Crippen LogP contribution in [0.4, 0.5) is 11.4 Å². The van der Waals surface area contributed by atoms with Crippen molar-refractivity contribution < 1.29 is 4.74 Å². The highest BCUT2D eigenvalue weighted by Crippen LogP contribution is 2.33. The first-order valence-electron chi connectivity index (χ1n) is 7.27. The molecule has 5 heteroatoms. The van der Waals surface area contributed by atoms with Gasteiger partial charge in [-0.3, -0.25) is 0 Å². The van der Waals surface area contributed by atoms with Gasteiger partial charge in [0.25, 0.3) is 0 Å². The van der Waals surface area contributed by atoms with Gasteiger partial charge in [-0.15, -0.1) is 0 Å². The molecule has 20 heavy (non-hydrogen) atoms. The summed E-state index contributed by atoms with van der Waals surface area (Å²) in [5, 5.41) is 3.66. The van der Waals surface area contributed by atoms with Crippen LogP contribution in [0.2, 0.25) is 0 Å². The summed E-state index contributed by atoms with van der Waals surface area (Å²) in [6.07, 6.45) is 5.37. The second-order valence-electron chi connectivity index (χ2n) is 5.68. The summed E-state index contributed by atoms with van der Waals surface area (Å²) >= 11 is 0. The maximum Gasteiger partial charge on any atom is 0.239 e. The Hall–Kier alpha value is -1.49. The minimum Gasteiger partial charge on any atom is -0.479 e. The second-order valence-corrected chi connectivity index (χ2v) is 5.68. The van der Waals surface area contributed by atoms with Gasteiger partial charge in [0.2, 0.25) is 5.88 Å². The molecule has 1 N–H and O–H groups in total. The number of rotatable bonds is 4. The minimum atomic E-state index is 0.483. The normalized spacial score (nSPS) is 20.3. The monoisotopic (exact) mass is 278 g/mol. The van der Waals surface area contributed by atoms with Crippen LogP contribution in [0.1, 0.15) is 19.3 Å². The number of anilines is 2. The number of ether oxygens (including phenoxy) is 1. The van der Waals surface area contributed by atoms with Gasteiger partial charge in [-0.2, -0.15) is 0 Å². The number of hydrogen-bond donors (Lipinski definition) is 1. The number of nitrogens with zero attached hydrogens (tertiary/aromatic N) is 3. The number of likely N-dealkylation sites (tertiary alicyclic amines) is 1. The lowest BCUT2D eigenvalue weighted by atomic mass is 10.1. The zero-order chi connectivity index (χ0) is 14.5. The van der Waals surface area contributed by atoms with Crippen molar-refractivity contribution in [3.63, 3.8) is 0 Å². The van der Waals surface area contributed by atoms with Crippen LogP contribution < -0.4 is 15.0 Å². The number of pyridine rings is 1. The molecule has 0 saturated carbocycles. The Kier molecular flexibility index (Phi) is 5.06. The predicted molar refractivity (Wildman–Crippen MR) is 83.9 cm³/mol. The van der Waals surface area contributed by atoms with Crippen molar-refractivity contribution >= 4 is 11.4 Å². The summed E-state index contributed by atoms with van der Waals surface area (Å²) < 4.78 is 5.42. The van der Waals surface area contributed by atoms with E-state index in [0.29, 0.717) is 11.9 Å². The highest BCUT2D eigenvalue weighted by molar-refractivity contribution is 5.74. The van der Waals surface area contributed by atoms with E-state index in [1.807, 2.05) is 20.2 Å². The third-order valence-corrected chi connectivity index (χ3v) is 3.87. The maximum atomic E-state index is 5.42. The number of nitrogens with one attached hydrogen (secondary N) is 1. The van der Waals surface area contributed by atoms with E-state index >= 15 is 0 Å². The molecule has 1 aliphatic rings. The predicted octanol–water partition coefficient (Wildman–Crippen LogP) is 2.05. The molecule has 1 unspecified atom stereocenters. The maximum absolute atomic E-state index is 5.42. The van der Waals surface area contributed by atoms with Crippen molar-refractivity contribution in [2.75, 3.05) is 51.6 Å². The molecule has 112 valence electrons. The topological polar surface area (TPSA) is 40.6 Å². The SMILES string of the molecule is COc1nccc(N(C)C)c1NC1CCCN(C)CC1. The van der Waals surface area contributed by atoms with E-state index in [-0.39, 0.29) is 0 Å². The van der Waals surface area contributed by atoms with Crippen LogP contribution in [0.5, 0.6) is 5.88 Å². The lowest BCUT2D eigenvalue weighted by molar-refractivity contribution is 0.348. The highest BCUT2D eigenvalue weighted by atomic mass is 16.5. The molecular weight excluding hydrogens is 252 g/mol. The highest BCUT2D eigenvalue weighted by Gasteiger charge is 2.19. The van der Waals surface area contributed by atoms with Gasteiger partial charge < -0.3 is 19.9 Å². The molecule has 1 aromatic rings. The van der Waals surface area contributed by atoms with E-state index in [0.717, 1.165) is 24.3 Å². The van der Waals surface area contributed by atoms with Crippen molar-refractivity contribution in [3.05, 3.63) is 12.3 Å². The molecule has 1 aliphatic heterocycles. The summed E-state index contributed by atoms with van der Waals surface area (Å²) in [4.78, 5) is 8.81. The van der Waals surface area contributed by atoms with Gasteiger partial charge in [-0.05, 0) is 45.5 Å². The van der Waals surface area contributed by atoms with Crippen LogP contribution >= 0.6 is 0 Å². The third-order valence-electron chi connectivity index (χ3n) is 3.87. The molecule has 0 spiro atoms. The quantitative estimate of drug-likeness (QED) is 0.913. The smallest absolute Gasteiger partial charge is 0.239 e. The zero-order valence-electron chi connectivity index (χ0n) is 13.0. The fraction of sp³-hybridized carbons (Fsp3) is 0.667. The largest absolute Gasteiger partial charge is 0.479 e. The standard InChI is InChI=1S/C15H26N4O/c1-18(2)13-7-9-16-15(20-4)14(13)17-12-6-5-10-19(3)11-8-12/h7,9,12,17H,5-6,8,10-11H2,1-4H3. The molecular formula is C15H26N4O. The zero-order valence-corrected chi connectivity index (χ0v) is 13.0. The molecule has 0 amide bonds. The van der Waals surface area contributed by atoms with E-state index in [1.54, 1.807) is 13.3 Å². The van der Waals surface area contributed by atoms with Gasteiger partial charge >= 0.3 is 0 Å². The first kappa shape index (κ1) is 14.9. The first-order chi connectivity index (χ1) is 9.61. The van der Waals surface area contributed by atoms with Crippen LogP contribution in [0, 0.1) is 0 Å².